The number of fused-ring (bicyclic) bond motifs is 1. The van der Waals surface area contributed by atoms with Gasteiger partial charge in [-0.2, -0.15) is 0 Å². The van der Waals surface area contributed by atoms with Crippen molar-refractivity contribution in [1.29, 1.82) is 0 Å². The lowest BCUT2D eigenvalue weighted by Gasteiger charge is -2.29. The van der Waals surface area contributed by atoms with E-state index in [1.54, 1.807) is 25.1 Å². The SMILES string of the molecule is COC(CO)C(O)C(O)[C@@H](C)Nc1ccc2c(C=O)cc(=O)[nH]c2c1. The van der Waals surface area contributed by atoms with Gasteiger partial charge in [-0.1, -0.05) is 6.07 Å². The Hall–Kier alpha value is -2.26. The first-order valence-corrected chi connectivity index (χ1v) is 7.79. The van der Waals surface area contributed by atoms with Crippen molar-refractivity contribution >= 4 is 22.9 Å². The van der Waals surface area contributed by atoms with Gasteiger partial charge in [-0.3, -0.25) is 9.59 Å². The molecular formula is C17H22N2O6. The third-order valence-corrected chi connectivity index (χ3v) is 4.12. The van der Waals surface area contributed by atoms with Crippen LogP contribution >= 0.6 is 0 Å². The van der Waals surface area contributed by atoms with Crippen molar-refractivity contribution in [2.75, 3.05) is 19.0 Å². The highest BCUT2D eigenvalue weighted by Crippen LogP contribution is 2.20. The Morgan fingerprint density at radius 2 is 2.00 bits per heavy atom. The lowest BCUT2D eigenvalue weighted by Crippen LogP contribution is -2.48. The summed E-state index contributed by atoms with van der Waals surface area (Å²) in [5, 5.41) is 33.0. The minimum Gasteiger partial charge on any atom is -0.394 e. The van der Waals surface area contributed by atoms with E-state index in [1.165, 1.54) is 13.2 Å². The number of ether oxygens (including phenoxy) is 1. The maximum atomic E-state index is 11.6. The van der Waals surface area contributed by atoms with Gasteiger partial charge in [0.2, 0.25) is 5.56 Å². The Balaban J connectivity index is 2.22. The average molecular weight is 350 g/mol. The van der Waals surface area contributed by atoms with Crippen molar-refractivity contribution in [2.24, 2.45) is 0 Å². The van der Waals surface area contributed by atoms with Crippen LogP contribution in [0.15, 0.2) is 29.1 Å². The van der Waals surface area contributed by atoms with Crippen LogP contribution in [0, 0.1) is 0 Å². The van der Waals surface area contributed by atoms with Crippen LogP contribution < -0.4 is 10.9 Å². The first-order valence-electron chi connectivity index (χ1n) is 7.79. The number of pyridine rings is 1. The first-order chi connectivity index (χ1) is 11.9. The summed E-state index contributed by atoms with van der Waals surface area (Å²) in [6.45, 7) is 1.24. The monoisotopic (exact) mass is 350 g/mol. The van der Waals surface area contributed by atoms with Gasteiger partial charge in [0.1, 0.15) is 18.3 Å². The molecule has 1 aromatic heterocycles. The van der Waals surface area contributed by atoms with E-state index in [1.807, 2.05) is 0 Å². The number of hydrogen-bond donors (Lipinski definition) is 5. The number of aldehydes is 1. The molecule has 25 heavy (non-hydrogen) atoms. The molecule has 4 atom stereocenters. The first kappa shape index (κ1) is 19.1. The smallest absolute Gasteiger partial charge is 0.249 e. The maximum Gasteiger partial charge on any atom is 0.249 e. The van der Waals surface area contributed by atoms with E-state index in [9.17, 15) is 19.8 Å². The van der Waals surface area contributed by atoms with Crippen molar-refractivity contribution in [3.63, 3.8) is 0 Å². The van der Waals surface area contributed by atoms with E-state index in [0.717, 1.165) is 0 Å². The second kappa shape index (κ2) is 8.21. The van der Waals surface area contributed by atoms with Crippen LogP contribution in [0.1, 0.15) is 17.3 Å². The molecule has 0 radical (unpaired) electrons. The summed E-state index contributed by atoms with van der Waals surface area (Å²) in [7, 11) is 1.33. The topological polar surface area (TPSA) is 132 Å². The molecule has 0 saturated heterocycles. The second-order valence-corrected chi connectivity index (χ2v) is 5.84. The molecule has 0 fully saturated rings. The number of methoxy groups -OCH3 is 1. The zero-order valence-corrected chi connectivity index (χ0v) is 14.0. The van der Waals surface area contributed by atoms with Gasteiger partial charge in [0.15, 0.2) is 6.29 Å². The van der Waals surface area contributed by atoms with E-state index >= 15 is 0 Å². The molecule has 8 nitrogen and oxygen atoms in total. The largest absolute Gasteiger partial charge is 0.394 e. The summed E-state index contributed by atoms with van der Waals surface area (Å²) in [6, 6.07) is 5.67. The van der Waals surface area contributed by atoms with Gasteiger partial charge in [0, 0.05) is 29.8 Å². The number of aromatic amines is 1. The highest BCUT2D eigenvalue weighted by molar-refractivity contribution is 5.97. The summed E-state index contributed by atoms with van der Waals surface area (Å²) in [4.78, 5) is 25.3. The van der Waals surface area contributed by atoms with Crippen LogP contribution in [0.4, 0.5) is 5.69 Å². The molecule has 3 unspecified atom stereocenters. The van der Waals surface area contributed by atoms with Crippen molar-refractivity contribution in [3.05, 3.63) is 40.2 Å². The van der Waals surface area contributed by atoms with Gasteiger partial charge >= 0.3 is 0 Å². The molecule has 0 amide bonds. The number of hydrogen-bond acceptors (Lipinski definition) is 7. The summed E-state index contributed by atoms with van der Waals surface area (Å²) < 4.78 is 4.92. The van der Waals surface area contributed by atoms with Crippen molar-refractivity contribution in [1.82, 2.24) is 4.98 Å². The number of H-pyrrole nitrogens is 1. The van der Waals surface area contributed by atoms with Gasteiger partial charge in [-0.15, -0.1) is 0 Å². The van der Waals surface area contributed by atoms with E-state index < -0.39 is 31.0 Å². The zero-order chi connectivity index (χ0) is 18.6. The van der Waals surface area contributed by atoms with Gasteiger partial charge in [0.25, 0.3) is 0 Å². The molecule has 0 aliphatic heterocycles. The number of rotatable bonds is 8. The number of aliphatic hydroxyl groups is 3. The Morgan fingerprint density at radius 3 is 2.60 bits per heavy atom. The van der Waals surface area contributed by atoms with E-state index in [-0.39, 0.29) is 5.56 Å². The van der Waals surface area contributed by atoms with Crippen LogP contribution in [-0.4, -0.2) is 64.7 Å². The minimum absolute atomic E-state index is 0.291. The maximum absolute atomic E-state index is 11.6. The van der Waals surface area contributed by atoms with Gasteiger partial charge in [0.05, 0.1) is 18.2 Å². The molecule has 8 heteroatoms. The summed E-state index contributed by atoms with van der Waals surface area (Å²) in [5.74, 6) is 0. The molecule has 1 aromatic carbocycles. The molecular weight excluding hydrogens is 328 g/mol. The predicted octanol–water partition coefficient (Wildman–Crippen LogP) is -0.130. The lowest BCUT2D eigenvalue weighted by atomic mass is 10.0. The fourth-order valence-electron chi connectivity index (χ4n) is 2.66. The number of aromatic nitrogens is 1. The fraction of sp³-hybridized carbons (Fsp3) is 0.412. The van der Waals surface area contributed by atoms with Crippen LogP contribution in [0.25, 0.3) is 10.9 Å². The average Bonchev–Trinajstić information content (AvgIpc) is 2.60. The predicted molar refractivity (Wildman–Crippen MR) is 92.9 cm³/mol. The number of carbonyl (C=O) groups excluding carboxylic acids is 1. The van der Waals surface area contributed by atoms with Crippen LogP contribution in [-0.2, 0) is 4.74 Å². The Bertz CT molecular complexity index is 786. The van der Waals surface area contributed by atoms with Gasteiger partial charge < -0.3 is 30.4 Å². The molecule has 0 aliphatic carbocycles. The number of aliphatic hydroxyl groups excluding tert-OH is 3. The quantitative estimate of drug-likeness (QED) is 0.419. The molecule has 0 saturated carbocycles. The number of anilines is 1. The second-order valence-electron chi connectivity index (χ2n) is 5.84. The van der Waals surface area contributed by atoms with Crippen molar-refractivity contribution in [3.8, 4) is 0 Å². The lowest BCUT2D eigenvalue weighted by molar-refractivity contribution is -0.0953. The van der Waals surface area contributed by atoms with Crippen LogP contribution in [0.3, 0.4) is 0 Å². The Kier molecular flexibility index (Phi) is 6.27. The summed E-state index contributed by atoms with van der Waals surface area (Å²) in [5.41, 5.74) is 0.968. The molecule has 0 aliphatic rings. The molecule has 0 spiro atoms. The standard InChI is InChI=1S/C17H22N2O6/c1-9(16(23)17(24)14(8-21)25-2)18-11-3-4-12-10(7-20)5-15(22)19-13(12)6-11/h3-7,9,14,16-18,21,23-24H,8H2,1-2H3,(H,19,22)/t9-,14?,16?,17?/m1/s1. The molecule has 2 aromatic rings. The normalized spacial score (nSPS) is 16.2. The molecule has 5 N–H and O–H groups in total. The highest BCUT2D eigenvalue weighted by atomic mass is 16.5. The van der Waals surface area contributed by atoms with Crippen LogP contribution in [0.5, 0.6) is 0 Å². The fourth-order valence-corrected chi connectivity index (χ4v) is 2.66. The van der Waals surface area contributed by atoms with Crippen molar-refractivity contribution in [2.45, 2.75) is 31.3 Å². The molecule has 136 valence electrons. The third kappa shape index (κ3) is 4.23. The molecule has 0 bridgehead atoms. The third-order valence-electron chi connectivity index (χ3n) is 4.12. The van der Waals surface area contributed by atoms with Gasteiger partial charge in [-0.25, -0.2) is 0 Å². The Labute approximate surface area is 144 Å². The molecule has 1 heterocycles. The zero-order valence-electron chi connectivity index (χ0n) is 14.0. The number of nitrogens with one attached hydrogen (secondary N) is 2. The van der Waals surface area contributed by atoms with Crippen molar-refractivity contribution < 1.29 is 24.9 Å². The number of benzene rings is 1. The van der Waals surface area contributed by atoms with E-state index in [0.29, 0.717) is 28.4 Å². The van der Waals surface area contributed by atoms with Gasteiger partial charge in [-0.05, 0) is 19.1 Å². The summed E-state index contributed by atoms with van der Waals surface area (Å²) >= 11 is 0. The molecule has 2 rings (SSSR count). The van der Waals surface area contributed by atoms with E-state index in [2.05, 4.69) is 10.3 Å². The minimum atomic E-state index is -1.28. The highest BCUT2D eigenvalue weighted by Gasteiger charge is 2.29. The number of carbonyl (C=O) groups is 1. The Morgan fingerprint density at radius 1 is 1.28 bits per heavy atom. The van der Waals surface area contributed by atoms with E-state index in [4.69, 9.17) is 9.84 Å². The van der Waals surface area contributed by atoms with Crippen LogP contribution in [0.2, 0.25) is 0 Å². The summed E-state index contributed by atoms with van der Waals surface area (Å²) in [6.07, 6.45) is -2.76.